The first-order chi connectivity index (χ1) is 11.1. The second-order valence-corrected chi connectivity index (χ2v) is 6.28. The minimum Gasteiger partial charge on any atom is -0.354 e. The summed E-state index contributed by atoms with van der Waals surface area (Å²) in [5, 5.41) is 16.4. The topological polar surface area (TPSA) is 94.9 Å². The van der Waals surface area contributed by atoms with Crippen molar-refractivity contribution in [2.45, 2.75) is 18.4 Å². The predicted molar refractivity (Wildman–Crippen MR) is 84.8 cm³/mol. The summed E-state index contributed by atoms with van der Waals surface area (Å²) in [4.78, 5) is 29.3. The van der Waals surface area contributed by atoms with E-state index in [4.69, 9.17) is 5.26 Å². The maximum Gasteiger partial charge on any atom is 0.270 e. The SMILES string of the molecule is N#Cc1cc(C[C@]2(NC(=O)c3ccccn3)CCNC2=O)cs1. The van der Waals surface area contributed by atoms with Crippen LogP contribution in [0.15, 0.2) is 35.8 Å². The predicted octanol–water partition coefficient (Wildman–Crippen LogP) is 1.25. The Morgan fingerprint density at radius 1 is 1.52 bits per heavy atom. The Balaban J connectivity index is 1.84. The van der Waals surface area contributed by atoms with Crippen LogP contribution < -0.4 is 10.6 Å². The summed E-state index contributed by atoms with van der Waals surface area (Å²) >= 11 is 1.33. The molecule has 23 heavy (non-hydrogen) atoms. The van der Waals surface area contributed by atoms with Crippen molar-refractivity contribution in [3.8, 4) is 6.07 Å². The first-order valence-electron chi connectivity index (χ1n) is 7.12. The highest BCUT2D eigenvalue weighted by atomic mass is 32.1. The minimum absolute atomic E-state index is 0.202. The minimum atomic E-state index is -0.998. The monoisotopic (exact) mass is 326 g/mol. The fourth-order valence-electron chi connectivity index (χ4n) is 2.66. The average molecular weight is 326 g/mol. The van der Waals surface area contributed by atoms with Gasteiger partial charge < -0.3 is 10.6 Å². The van der Waals surface area contributed by atoms with E-state index < -0.39 is 5.54 Å². The fraction of sp³-hybridized carbons (Fsp3) is 0.250. The fourth-order valence-corrected chi connectivity index (χ4v) is 3.36. The maximum absolute atomic E-state index is 12.4. The van der Waals surface area contributed by atoms with E-state index >= 15 is 0 Å². The number of rotatable bonds is 4. The number of thiophene rings is 1. The lowest BCUT2D eigenvalue weighted by Gasteiger charge is -2.27. The average Bonchev–Trinajstić information content (AvgIpc) is 3.16. The maximum atomic E-state index is 12.4. The Hall–Kier alpha value is -2.72. The van der Waals surface area contributed by atoms with E-state index in [2.05, 4.69) is 21.7 Å². The Bertz CT molecular complexity index is 781. The van der Waals surface area contributed by atoms with Crippen LogP contribution in [0.3, 0.4) is 0 Å². The first-order valence-corrected chi connectivity index (χ1v) is 8.00. The van der Waals surface area contributed by atoms with E-state index in [1.807, 2.05) is 5.38 Å². The van der Waals surface area contributed by atoms with Crippen molar-refractivity contribution in [2.24, 2.45) is 0 Å². The van der Waals surface area contributed by atoms with Crippen LogP contribution in [0.1, 0.15) is 27.3 Å². The molecule has 1 fully saturated rings. The molecule has 0 saturated carbocycles. The van der Waals surface area contributed by atoms with Crippen LogP contribution in [0, 0.1) is 11.3 Å². The Kier molecular flexibility index (Phi) is 4.08. The number of nitriles is 1. The van der Waals surface area contributed by atoms with Crippen molar-refractivity contribution >= 4 is 23.2 Å². The zero-order valence-electron chi connectivity index (χ0n) is 12.2. The van der Waals surface area contributed by atoms with Crippen LogP contribution >= 0.6 is 11.3 Å². The van der Waals surface area contributed by atoms with Gasteiger partial charge in [0, 0.05) is 19.2 Å². The molecule has 0 aromatic carbocycles. The molecule has 0 unspecified atom stereocenters. The van der Waals surface area contributed by atoms with Crippen molar-refractivity contribution in [3.05, 3.63) is 52.0 Å². The van der Waals surface area contributed by atoms with Gasteiger partial charge in [0.1, 0.15) is 22.2 Å². The van der Waals surface area contributed by atoms with E-state index in [0.717, 1.165) is 5.56 Å². The molecule has 116 valence electrons. The van der Waals surface area contributed by atoms with Crippen LogP contribution in [0.25, 0.3) is 0 Å². The number of carbonyl (C=O) groups excluding carboxylic acids is 2. The van der Waals surface area contributed by atoms with Gasteiger partial charge in [-0.3, -0.25) is 14.6 Å². The molecular formula is C16H14N4O2S. The first kappa shape index (κ1) is 15.2. The summed E-state index contributed by atoms with van der Waals surface area (Å²) in [5.74, 6) is -0.579. The normalized spacial score (nSPS) is 19.9. The number of hydrogen-bond donors (Lipinski definition) is 2. The third-order valence-corrected chi connectivity index (χ3v) is 4.68. The van der Waals surface area contributed by atoms with Crippen molar-refractivity contribution in [2.75, 3.05) is 6.54 Å². The lowest BCUT2D eigenvalue weighted by Crippen LogP contribution is -2.55. The van der Waals surface area contributed by atoms with Crippen molar-refractivity contribution in [1.82, 2.24) is 15.6 Å². The summed E-state index contributed by atoms with van der Waals surface area (Å²) in [6.07, 6.45) is 2.39. The van der Waals surface area contributed by atoms with Gasteiger partial charge in [-0.2, -0.15) is 5.26 Å². The van der Waals surface area contributed by atoms with Crippen LogP contribution in [0.4, 0.5) is 0 Å². The molecule has 1 saturated heterocycles. The van der Waals surface area contributed by atoms with Crippen LogP contribution in [0.5, 0.6) is 0 Å². The third kappa shape index (κ3) is 3.07. The summed E-state index contributed by atoms with van der Waals surface area (Å²) in [6, 6.07) is 8.89. The molecule has 2 N–H and O–H groups in total. The number of carbonyl (C=O) groups is 2. The molecule has 1 atom stereocenters. The van der Waals surface area contributed by atoms with Crippen molar-refractivity contribution < 1.29 is 9.59 Å². The molecule has 0 radical (unpaired) electrons. The number of nitrogens with zero attached hydrogens (tertiary/aromatic N) is 2. The molecule has 3 heterocycles. The molecule has 0 spiro atoms. The van der Waals surface area contributed by atoms with Gasteiger partial charge in [-0.15, -0.1) is 11.3 Å². The summed E-state index contributed by atoms with van der Waals surface area (Å²) < 4.78 is 0. The van der Waals surface area contributed by atoms with Gasteiger partial charge in [0.05, 0.1) is 0 Å². The largest absolute Gasteiger partial charge is 0.354 e. The van der Waals surface area contributed by atoms with Crippen LogP contribution in [-0.2, 0) is 11.2 Å². The Labute approximate surface area is 137 Å². The van der Waals surface area contributed by atoms with E-state index in [-0.39, 0.29) is 17.5 Å². The quantitative estimate of drug-likeness (QED) is 0.884. The number of pyridine rings is 1. The highest BCUT2D eigenvalue weighted by Gasteiger charge is 2.44. The van der Waals surface area contributed by atoms with Gasteiger partial charge in [0.2, 0.25) is 5.91 Å². The summed E-state index contributed by atoms with van der Waals surface area (Å²) in [5.41, 5.74) is 0.141. The smallest absolute Gasteiger partial charge is 0.270 e. The lowest BCUT2D eigenvalue weighted by molar-refractivity contribution is -0.124. The van der Waals surface area contributed by atoms with E-state index in [9.17, 15) is 9.59 Å². The molecule has 2 aromatic heterocycles. The van der Waals surface area contributed by atoms with Gasteiger partial charge >= 0.3 is 0 Å². The molecule has 7 heteroatoms. The molecule has 1 aliphatic heterocycles. The van der Waals surface area contributed by atoms with Crippen molar-refractivity contribution in [1.29, 1.82) is 5.26 Å². The zero-order chi connectivity index (χ0) is 16.3. The highest BCUT2D eigenvalue weighted by molar-refractivity contribution is 7.10. The Morgan fingerprint density at radius 2 is 2.39 bits per heavy atom. The molecule has 0 aliphatic carbocycles. The second-order valence-electron chi connectivity index (χ2n) is 5.36. The standard InChI is InChI=1S/C16H14N4O2S/c17-9-12-7-11(10-23-12)8-16(4-6-19-15(16)22)20-14(21)13-3-1-2-5-18-13/h1-3,5,7,10H,4,6,8H2,(H,19,22)(H,20,21)/t16-/m1/s1. The molecule has 6 nitrogen and oxygen atoms in total. The number of nitrogens with one attached hydrogen (secondary N) is 2. The van der Waals surface area contributed by atoms with Gasteiger partial charge in [-0.25, -0.2) is 0 Å². The molecule has 1 aliphatic rings. The van der Waals surface area contributed by atoms with Gasteiger partial charge in [0.25, 0.3) is 5.91 Å². The molecule has 0 bridgehead atoms. The van der Waals surface area contributed by atoms with Crippen molar-refractivity contribution in [3.63, 3.8) is 0 Å². The van der Waals surface area contributed by atoms with Gasteiger partial charge in [-0.05, 0) is 35.6 Å². The number of hydrogen-bond acceptors (Lipinski definition) is 5. The van der Waals surface area contributed by atoms with E-state index in [1.54, 1.807) is 24.3 Å². The second kappa shape index (κ2) is 6.18. The third-order valence-electron chi connectivity index (χ3n) is 3.79. The zero-order valence-corrected chi connectivity index (χ0v) is 13.0. The lowest BCUT2D eigenvalue weighted by atomic mass is 9.89. The summed E-state index contributed by atoms with van der Waals surface area (Å²) in [6.45, 7) is 0.510. The highest BCUT2D eigenvalue weighted by Crippen LogP contribution is 2.25. The number of aromatic nitrogens is 1. The van der Waals surface area contributed by atoms with E-state index in [1.165, 1.54) is 17.5 Å². The Morgan fingerprint density at radius 3 is 3.00 bits per heavy atom. The molecule has 2 amide bonds. The van der Waals surface area contributed by atoms with Crippen LogP contribution in [-0.4, -0.2) is 28.9 Å². The number of amides is 2. The van der Waals surface area contributed by atoms with Gasteiger partial charge in [-0.1, -0.05) is 6.07 Å². The van der Waals surface area contributed by atoms with E-state index in [0.29, 0.717) is 24.3 Å². The summed E-state index contributed by atoms with van der Waals surface area (Å²) in [7, 11) is 0. The molecule has 3 rings (SSSR count). The van der Waals surface area contributed by atoms with Gasteiger partial charge in [0.15, 0.2) is 0 Å². The van der Waals surface area contributed by atoms with Crippen LogP contribution in [0.2, 0.25) is 0 Å². The molecular weight excluding hydrogens is 312 g/mol. The molecule has 2 aromatic rings.